The van der Waals surface area contributed by atoms with Crippen molar-refractivity contribution in [1.82, 2.24) is 0 Å². The molecule has 0 radical (unpaired) electrons. The largest absolute Gasteiger partial charge is 0.394 e. The minimum Gasteiger partial charge on any atom is -0.394 e. The summed E-state index contributed by atoms with van der Waals surface area (Å²) in [5.41, 5.74) is 0. The molecule has 0 aromatic heterocycles. The van der Waals surface area contributed by atoms with E-state index in [-0.39, 0.29) is 0 Å². The Morgan fingerprint density at radius 2 is 0.913 bits per heavy atom. The fourth-order valence-electron chi connectivity index (χ4n) is 2.49. The number of hydrogen-bond donors (Lipinski definition) is 8. The summed E-state index contributed by atoms with van der Waals surface area (Å²) in [4.78, 5) is 0. The summed E-state index contributed by atoms with van der Waals surface area (Å²) in [7, 11) is 0. The molecule has 2 rings (SSSR count). The van der Waals surface area contributed by atoms with Crippen molar-refractivity contribution < 1.29 is 55.1 Å². The van der Waals surface area contributed by atoms with E-state index in [4.69, 9.17) is 24.4 Å². The Bertz CT molecular complexity index is 344. The van der Waals surface area contributed by atoms with Gasteiger partial charge in [0.05, 0.1) is 13.2 Å². The maximum absolute atomic E-state index is 9.84. The highest BCUT2D eigenvalue weighted by atomic mass is 16.8. The van der Waals surface area contributed by atoms with Crippen LogP contribution in [0.1, 0.15) is 0 Å². The first-order valence-corrected chi connectivity index (χ1v) is 7.08. The normalized spacial score (nSPS) is 51.7. The van der Waals surface area contributed by atoms with E-state index in [1.165, 1.54) is 0 Å². The molecule has 8 N–H and O–H groups in total. The lowest BCUT2D eigenvalue weighted by Crippen LogP contribution is -2.63. The van der Waals surface area contributed by atoms with Crippen LogP contribution in [-0.4, -0.2) is 115 Å². The third-order valence-electron chi connectivity index (χ3n) is 3.97. The Morgan fingerprint density at radius 1 is 0.565 bits per heavy atom. The minimum atomic E-state index is -1.72. The van der Waals surface area contributed by atoms with E-state index in [0.29, 0.717) is 0 Å². The molecule has 0 bridgehead atoms. The molecular weight excluding hydrogens is 320 g/mol. The van der Waals surface area contributed by atoms with Crippen LogP contribution in [0.5, 0.6) is 0 Å². The molecule has 2 aliphatic heterocycles. The first-order chi connectivity index (χ1) is 10.8. The van der Waals surface area contributed by atoms with Crippen LogP contribution in [-0.2, 0) is 14.2 Å². The van der Waals surface area contributed by atoms with Gasteiger partial charge >= 0.3 is 0 Å². The van der Waals surface area contributed by atoms with Gasteiger partial charge in [0.15, 0.2) is 12.6 Å². The van der Waals surface area contributed by atoms with Gasteiger partial charge in [0.1, 0.15) is 48.8 Å². The first kappa shape index (κ1) is 18.9. The minimum absolute atomic E-state index is 0.667. The van der Waals surface area contributed by atoms with Crippen molar-refractivity contribution in [2.75, 3.05) is 13.2 Å². The van der Waals surface area contributed by atoms with Gasteiger partial charge in [0, 0.05) is 0 Å². The van der Waals surface area contributed by atoms with Crippen LogP contribution in [0.25, 0.3) is 0 Å². The monoisotopic (exact) mass is 342 g/mol. The average molecular weight is 342 g/mol. The SMILES string of the molecule is OC[C@H]1O[C@H](O[C@H]2O[C@H](CO)[C@@H](O)[C@H](O)[C@@H]2O)[C@H](O)[C@@H](O)[C@H]1O. The van der Waals surface area contributed by atoms with E-state index in [1.807, 2.05) is 0 Å². The predicted octanol–water partition coefficient (Wildman–Crippen LogP) is -5.40. The van der Waals surface area contributed by atoms with E-state index >= 15 is 0 Å². The summed E-state index contributed by atoms with van der Waals surface area (Å²) < 4.78 is 15.3. The van der Waals surface area contributed by atoms with Gasteiger partial charge in [-0.2, -0.15) is 0 Å². The maximum Gasteiger partial charge on any atom is 0.189 e. The Morgan fingerprint density at radius 3 is 1.22 bits per heavy atom. The summed E-state index contributed by atoms with van der Waals surface area (Å²) in [5, 5.41) is 76.4. The van der Waals surface area contributed by atoms with Crippen LogP contribution in [0.15, 0.2) is 0 Å². The molecule has 2 aliphatic rings. The topological polar surface area (TPSA) is 190 Å². The fourth-order valence-corrected chi connectivity index (χ4v) is 2.49. The molecule has 2 fully saturated rings. The second-order valence-corrected chi connectivity index (χ2v) is 5.53. The number of ether oxygens (including phenoxy) is 3. The van der Waals surface area contributed by atoms with Crippen molar-refractivity contribution in [3.8, 4) is 0 Å². The Kier molecular flexibility index (Phi) is 6.27. The first-order valence-electron chi connectivity index (χ1n) is 7.08. The summed E-state index contributed by atoms with van der Waals surface area (Å²) in [6.07, 6.45) is -15.6. The molecule has 0 unspecified atom stereocenters. The zero-order valence-electron chi connectivity index (χ0n) is 12.0. The third-order valence-corrected chi connectivity index (χ3v) is 3.97. The highest BCUT2D eigenvalue weighted by molar-refractivity contribution is 4.92. The molecule has 0 aromatic carbocycles. The van der Waals surface area contributed by atoms with Gasteiger partial charge in [-0.15, -0.1) is 0 Å². The van der Waals surface area contributed by atoms with E-state index in [9.17, 15) is 30.6 Å². The van der Waals surface area contributed by atoms with Gasteiger partial charge in [-0.3, -0.25) is 0 Å². The number of hydrogen-bond acceptors (Lipinski definition) is 11. The molecule has 0 amide bonds. The van der Waals surface area contributed by atoms with Gasteiger partial charge in [0.2, 0.25) is 0 Å². The van der Waals surface area contributed by atoms with Crippen LogP contribution in [0.3, 0.4) is 0 Å². The molecule has 0 spiro atoms. The molecule has 10 atom stereocenters. The van der Waals surface area contributed by atoms with Crippen LogP contribution in [0.4, 0.5) is 0 Å². The summed E-state index contributed by atoms with van der Waals surface area (Å²) in [5.74, 6) is 0. The van der Waals surface area contributed by atoms with Gasteiger partial charge in [-0.25, -0.2) is 0 Å². The third kappa shape index (κ3) is 3.65. The number of aliphatic hydroxyl groups excluding tert-OH is 8. The fraction of sp³-hybridized carbons (Fsp3) is 1.00. The molecule has 11 nitrogen and oxygen atoms in total. The van der Waals surface area contributed by atoms with E-state index < -0.39 is 74.6 Å². The van der Waals surface area contributed by atoms with Gasteiger partial charge in [-0.1, -0.05) is 0 Å². The van der Waals surface area contributed by atoms with Crippen molar-refractivity contribution in [3.05, 3.63) is 0 Å². The molecule has 2 heterocycles. The zero-order valence-corrected chi connectivity index (χ0v) is 12.0. The Labute approximate surface area is 130 Å². The lowest BCUT2D eigenvalue weighted by molar-refractivity contribution is -0.376. The van der Waals surface area contributed by atoms with Crippen molar-refractivity contribution in [2.45, 2.75) is 61.4 Å². The molecule has 136 valence electrons. The van der Waals surface area contributed by atoms with Crippen LogP contribution in [0, 0.1) is 0 Å². The van der Waals surface area contributed by atoms with Gasteiger partial charge in [0.25, 0.3) is 0 Å². The lowest BCUT2D eigenvalue weighted by atomic mass is 9.98. The van der Waals surface area contributed by atoms with Crippen LogP contribution in [0.2, 0.25) is 0 Å². The smallest absolute Gasteiger partial charge is 0.189 e. The van der Waals surface area contributed by atoms with Crippen molar-refractivity contribution in [3.63, 3.8) is 0 Å². The number of aliphatic hydroxyl groups is 8. The molecule has 0 aromatic rings. The second-order valence-electron chi connectivity index (χ2n) is 5.53. The highest BCUT2D eigenvalue weighted by Gasteiger charge is 2.49. The summed E-state index contributed by atoms with van der Waals surface area (Å²) in [6, 6.07) is 0. The second kappa shape index (κ2) is 7.63. The Balaban J connectivity index is 2.07. The van der Waals surface area contributed by atoms with Crippen molar-refractivity contribution in [2.24, 2.45) is 0 Å². The zero-order chi connectivity index (χ0) is 17.3. The summed E-state index contributed by atoms with van der Waals surface area (Å²) >= 11 is 0. The highest BCUT2D eigenvalue weighted by Crippen LogP contribution is 2.27. The molecule has 0 aliphatic carbocycles. The van der Waals surface area contributed by atoms with Crippen LogP contribution < -0.4 is 0 Å². The van der Waals surface area contributed by atoms with Gasteiger partial charge < -0.3 is 55.1 Å². The standard InChI is InChI=1S/C12H22O11/c13-1-3-5(15)7(17)9(19)11(21-3)23-12-10(20)8(18)6(16)4(2-14)22-12/h3-20H,1-2H2/t3-,4-,5-,6+,7+,8+,9+,10-,11-,12-/m1/s1. The lowest BCUT2D eigenvalue weighted by Gasteiger charge is -2.44. The van der Waals surface area contributed by atoms with E-state index in [1.54, 1.807) is 0 Å². The van der Waals surface area contributed by atoms with Gasteiger partial charge in [-0.05, 0) is 0 Å². The average Bonchev–Trinajstić information content (AvgIpc) is 2.55. The molecule has 2 saturated heterocycles. The maximum atomic E-state index is 9.84. The predicted molar refractivity (Wildman–Crippen MR) is 68.6 cm³/mol. The van der Waals surface area contributed by atoms with Crippen LogP contribution >= 0.6 is 0 Å². The summed E-state index contributed by atoms with van der Waals surface area (Å²) in [6.45, 7) is -1.33. The molecule has 0 saturated carbocycles. The van der Waals surface area contributed by atoms with E-state index in [0.717, 1.165) is 0 Å². The quantitative estimate of drug-likeness (QED) is 0.243. The molecule has 11 heteroatoms. The Hall–Kier alpha value is -0.440. The molecule has 23 heavy (non-hydrogen) atoms. The number of rotatable bonds is 4. The van der Waals surface area contributed by atoms with Crippen molar-refractivity contribution >= 4 is 0 Å². The van der Waals surface area contributed by atoms with E-state index in [2.05, 4.69) is 0 Å². The van der Waals surface area contributed by atoms with Crippen molar-refractivity contribution in [1.29, 1.82) is 0 Å². The molecular formula is C12H22O11.